The number of esters is 1. The average Bonchev–Trinajstić information content (AvgIpc) is 3.01. The number of nitrogens with two attached hydrogens (primary N) is 2. The zero-order chi connectivity index (χ0) is 18.7. The van der Waals surface area contributed by atoms with Crippen LogP contribution in [0, 0.1) is 6.92 Å². The minimum atomic E-state index is -0.516. The maximum atomic E-state index is 12.3. The third-order valence-electron chi connectivity index (χ3n) is 3.37. The second-order valence-corrected chi connectivity index (χ2v) is 6.21. The third-order valence-corrected chi connectivity index (χ3v) is 4.55. The van der Waals surface area contributed by atoms with Crippen molar-refractivity contribution >= 4 is 29.2 Å². The molecule has 3 aromatic rings. The molecule has 4 N–H and O–H groups in total. The number of aryl methyl sites for hydroxylation is 1. The molecule has 1 aromatic carbocycles. The van der Waals surface area contributed by atoms with E-state index < -0.39 is 5.97 Å². The second kappa shape index (κ2) is 7.31. The number of benzene rings is 1. The number of hydrogen-bond donors (Lipinski definition) is 2. The lowest BCUT2D eigenvalue weighted by Crippen LogP contribution is -2.11. The molecule has 0 atom stereocenters. The maximum absolute atomic E-state index is 12.3. The zero-order valence-corrected chi connectivity index (χ0v) is 14.9. The van der Waals surface area contributed by atoms with Crippen LogP contribution >= 0.6 is 11.3 Å². The molecule has 134 valence electrons. The molecule has 9 nitrogen and oxygen atoms in total. The van der Waals surface area contributed by atoms with E-state index in [1.165, 1.54) is 11.3 Å². The normalized spacial score (nSPS) is 10.5. The summed E-state index contributed by atoms with van der Waals surface area (Å²) < 4.78 is 10.4. The lowest BCUT2D eigenvalue weighted by molar-refractivity contribution is 0.0467. The Morgan fingerprint density at radius 3 is 2.35 bits per heavy atom. The van der Waals surface area contributed by atoms with Crippen LogP contribution in [0.4, 0.5) is 11.9 Å². The molecule has 0 radical (unpaired) electrons. The molecule has 0 aliphatic carbocycles. The van der Waals surface area contributed by atoms with E-state index >= 15 is 0 Å². The summed E-state index contributed by atoms with van der Waals surface area (Å²) >= 11 is 1.25. The van der Waals surface area contributed by atoms with Crippen molar-refractivity contribution in [2.24, 2.45) is 0 Å². The molecule has 0 amide bonds. The first kappa shape index (κ1) is 17.5. The minimum Gasteiger partial charge on any atom is -0.497 e. The Bertz CT molecular complexity index is 921. The number of anilines is 2. The van der Waals surface area contributed by atoms with Crippen molar-refractivity contribution in [2.45, 2.75) is 13.5 Å². The smallest absolute Gasteiger partial charge is 0.350 e. The molecule has 0 bridgehead atoms. The highest BCUT2D eigenvalue weighted by Gasteiger charge is 2.18. The zero-order valence-electron chi connectivity index (χ0n) is 14.1. The van der Waals surface area contributed by atoms with Gasteiger partial charge in [0.25, 0.3) is 0 Å². The molecule has 0 aliphatic rings. The number of thiazole rings is 1. The minimum absolute atomic E-state index is 0.0284. The van der Waals surface area contributed by atoms with Gasteiger partial charge in [0.2, 0.25) is 11.9 Å². The number of carbonyl (C=O) groups is 1. The van der Waals surface area contributed by atoms with Crippen LogP contribution in [0.1, 0.15) is 21.2 Å². The highest BCUT2D eigenvalue weighted by Crippen LogP contribution is 2.29. The van der Waals surface area contributed by atoms with Gasteiger partial charge in [-0.2, -0.15) is 15.0 Å². The van der Waals surface area contributed by atoms with Crippen molar-refractivity contribution in [3.63, 3.8) is 0 Å². The van der Waals surface area contributed by atoms with Gasteiger partial charge in [0.05, 0.1) is 12.8 Å². The van der Waals surface area contributed by atoms with E-state index in [1.54, 1.807) is 14.0 Å². The number of ether oxygens (including phenoxy) is 2. The molecule has 0 saturated carbocycles. The molecule has 0 saturated heterocycles. The van der Waals surface area contributed by atoms with Crippen LogP contribution in [0.15, 0.2) is 24.3 Å². The number of rotatable bonds is 5. The molecule has 3 rings (SSSR count). The largest absolute Gasteiger partial charge is 0.497 e. The second-order valence-electron chi connectivity index (χ2n) is 5.21. The van der Waals surface area contributed by atoms with E-state index in [1.807, 2.05) is 24.3 Å². The van der Waals surface area contributed by atoms with Crippen LogP contribution in [-0.2, 0) is 11.3 Å². The van der Waals surface area contributed by atoms with Crippen molar-refractivity contribution in [1.29, 1.82) is 0 Å². The molecule has 2 heterocycles. The number of nitrogens with zero attached hydrogens (tertiary/aromatic N) is 4. The Morgan fingerprint density at radius 2 is 1.73 bits per heavy atom. The van der Waals surface area contributed by atoms with Gasteiger partial charge in [-0.3, -0.25) is 0 Å². The van der Waals surface area contributed by atoms with E-state index in [0.717, 1.165) is 11.3 Å². The third kappa shape index (κ3) is 3.86. The lowest BCUT2D eigenvalue weighted by atomic mass is 10.2. The first-order valence-electron chi connectivity index (χ1n) is 7.51. The Balaban J connectivity index is 1.74. The fraction of sp³-hybridized carbons (Fsp3) is 0.188. The summed E-state index contributed by atoms with van der Waals surface area (Å²) in [5.74, 6) is 0.356. The standard InChI is InChI=1S/C16H16N6O3S/c1-8-12(14(23)25-7-11-20-15(17)22-16(18)21-11)26-13(19-8)9-3-5-10(24-2)6-4-9/h3-6H,7H2,1-2H3,(H4,17,18,20,21,22). The van der Waals surface area contributed by atoms with Gasteiger partial charge < -0.3 is 20.9 Å². The van der Waals surface area contributed by atoms with Crippen LogP contribution in [0.2, 0.25) is 0 Å². The quantitative estimate of drug-likeness (QED) is 0.642. The molecule has 0 aliphatic heterocycles. The molecular formula is C16H16N6O3S. The highest BCUT2D eigenvalue weighted by molar-refractivity contribution is 7.17. The Kier molecular flexibility index (Phi) is 4.94. The van der Waals surface area contributed by atoms with Gasteiger partial charge in [0.15, 0.2) is 12.4 Å². The van der Waals surface area contributed by atoms with Crippen LogP contribution < -0.4 is 16.2 Å². The van der Waals surface area contributed by atoms with Crippen molar-refractivity contribution < 1.29 is 14.3 Å². The van der Waals surface area contributed by atoms with E-state index in [2.05, 4.69) is 19.9 Å². The number of aromatic nitrogens is 4. The van der Waals surface area contributed by atoms with Gasteiger partial charge in [-0.05, 0) is 31.2 Å². The van der Waals surface area contributed by atoms with E-state index in [4.69, 9.17) is 20.9 Å². The molecule has 26 heavy (non-hydrogen) atoms. The van der Waals surface area contributed by atoms with Crippen LogP contribution in [0.5, 0.6) is 5.75 Å². The molecule has 0 spiro atoms. The van der Waals surface area contributed by atoms with Gasteiger partial charge in [-0.25, -0.2) is 9.78 Å². The predicted octanol–water partition coefficient (Wildman–Crippen LogP) is 1.83. The monoisotopic (exact) mass is 372 g/mol. The number of nitrogen functional groups attached to an aromatic ring is 2. The summed E-state index contributed by atoms with van der Waals surface area (Å²) in [6.45, 7) is 1.59. The van der Waals surface area contributed by atoms with Gasteiger partial charge in [0, 0.05) is 5.56 Å². The predicted molar refractivity (Wildman–Crippen MR) is 96.6 cm³/mol. The SMILES string of the molecule is COc1ccc(-c2nc(C)c(C(=O)OCc3nc(N)nc(N)n3)s2)cc1. The van der Waals surface area contributed by atoms with E-state index in [9.17, 15) is 4.79 Å². The van der Waals surface area contributed by atoms with Crippen molar-refractivity contribution in [3.8, 4) is 16.3 Å². The molecule has 10 heteroatoms. The fourth-order valence-electron chi connectivity index (χ4n) is 2.16. The van der Waals surface area contributed by atoms with Crippen LogP contribution in [-0.4, -0.2) is 33.0 Å². The van der Waals surface area contributed by atoms with Gasteiger partial charge >= 0.3 is 5.97 Å². The van der Waals surface area contributed by atoms with Gasteiger partial charge in [-0.1, -0.05) is 0 Å². The first-order valence-corrected chi connectivity index (χ1v) is 8.33. The number of methoxy groups -OCH3 is 1. The lowest BCUT2D eigenvalue weighted by Gasteiger charge is -2.03. The van der Waals surface area contributed by atoms with Gasteiger partial charge in [0.1, 0.15) is 15.6 Å². The summed E-state index contributed by atoms with van der Waals surface area (Å²) in [7, 11) is 1.60. The van der Waals surface area contributed by atoms with Crippen LogP contribution in [0.25, 0.3) is 10.6 Å². The summed E-state index contributed by atoms with van der Waals surface area (Å²) in [5.41, 5.74) is 12.4. The Hall–Kier alpha value is -3.27. The summed E-state index contributed by atoms with van der Waals surface area (Å²) in [6.07, 6.45) is 0. The summed E-state index contributed by atoms with van der Waals surface area (Å²) in [4.78, 5) is 28.6. The maximum Gasteiger partial charge on any atom is 0.350 e. The molecule has 0 unspecified atom stereocenters. The van der Waals surface area contributed by atoms with Crippen molar-refractivity contribution in [1.82, 2.24) is 19.9 Å². The average molecular weight is 372 g/mol. The van der Waals surface area contributed by atoms with Crippen molar-refractivity contribution in [3.05, 3.63) is 40.7 Å². The summed E-state index contributed by atoms with van der Waals surface area (Å²) in [5, 5.41) is 0.714. The van der Waals surface area contributed by atoms with E-state index in [0.29, 0.717) is 15.6 Å². The molecule has 0 fully saturated rings. The van der Waals surface area contributed by atoms with Crippen LogP contribution in [0.3, 0.4) is 0 Å². The molecular weight excluding hydrogens is 356 g/mol. The molecule has 2 aromatic heterocycles. The number of hydrogen-bond acceptors (Lipinski definition) is 10. The Labute approximate surface area is 153 Å². The summed E-state index contributed by atoms with van der Waals surface area (Å²) in [6, 6.07) is 7.42. The number of carbonyl (C=O) groups excluding carboxylic acids is 1. The topological polar surface area (TPSA) is 139 Å². The van der Waals surface area contributed by atoms with Crippen molar-refractivity contribution in [2.75, 3.05) is 18.6 Å². The highest BCUT2D eigenvalue weighted by atomic mass is 32.1. The van der Waals surface area contributed by atoms with Gasteiger partial charge in [-0.15, -0.1) is 11.3 Å². The van der Waals surface area contributed by atoms with E-state index in [-0.39, 0.29) is 24.3 Å². The first-order chi connectivity index (χ1) is 12.5. The Morgan fingerprint density at radius 1 is 1.08 bits per heavy atom. The fourth-order valence-corrected chi connectivity index (χ4v) is 3.13.